The van der Waals surface area contributed by atoms with E-state index < -0.39 is 120 Å². The zero-order valence-corrected chi connectivity index (χ0v) is 32.7. The minimum absolute atomic E-state index is 0.0241. The van der Waals surface area contributed by atoms with Crippen molar-refractivity contribution in [3.63, 3.8) is 0 Å². The van der Waals surface area contributed by atoms with Gasteiger partial charge in [0.15, 0.2) is 24.0 Å². The normalized spacial score (nSPS) is 42.2. The zero-order chi connectivity index (χ0) is 39.5. The highest BCUT2D eigenvalue weighted by Crippen LogP contribution is 2.41. The van der Waals surface area contributed by atoms with Gasteiger partial charge in [0.1, 0.15) is 24.9 Å². The van der Waals surface area contributed by atoms with Gasteiger partial charge in [-0.2, -0.15) is 0 Å². The van der Waals surface area contributed by atoms with E-state index in [0.717, 1.165) is 6.92 Å². The molecule has 15 heteroatoms. The molecule has 0 unspecified atom stereocenters. The van der Waals surface area contributed by atoms with Gasteiger partial charge in [0.25, 0.3) is 5.67 Å². The molecule has 3 rings (SSSR count). The van der Waals surface area contributed by atoms with Crippen molar-refractivity contribution in [3.05, 3.63) is 0 Å². The topological polar surface area (TPSA) is 177 Å². The van der Waals surface area contributed by atoms with Gasteiger partial charge in [-0.1, -0.05) is 34.6 Å². The summed E-state index contributed by atoms with van der Waals surface area (Å²) >= 11 is 0. The quantitative estimate of drug-likeness (QED) is 0.311. The molecule has 0 radical (unpaired) electrons. The van der Waals surface area contributed by atoms with Crippen LogP contribution >= 0.6 is 0 Å². The maximum Gasteiger partial charge on any atom is 0.351 e. The van der Waals surface area contributed by atoms with Crippen LogP contribution in [0.25, 0.3) is 0 Å². The van der Waals surface area contributed by atoms with Crippen LogP contribution in [0.3, 0.4) is 0 Å². The van der Waals surface area contributed by atoms with Crippen LogP contribution < -0.4 is 0 Å². The van der Waals surface area contributed by atoms with Crippen LogP contribution in [-0.2, 0) is 52.4 Å². The standard InChI is InChI=1S/C37H59FN2O12/c1-13-26-37(10,46)32-21(5)28(39-27(43)14-2)19(3)16-35(8,48-18-24(42)17-47-32)31(22(6)30(44)36(9,38)34(45)51-26)52-33-29(50-23(7)41)25(40(11)12)15-20(4)49-33/h19-22,25-26,29,31-33,46H,13-18H2,1-12H3/b39-28+/t19-,20-,21+,22+,25+,26-,29-,31-,32-,33+,35-,36+,37-/m1/s1. The summed E-state index contributed by atoms with van der Waals surface area (Å²) in [5.41, 5.74) is -6.62. The second kappa shape index (κ2) is 17.2. The number of ether oxygens (including phenoxy) is 6. The fourth-order valence-corrected chi connectivity index (χ4v) is 7.89. The molecule has 0 aromatic carbocycles. The molecule has 296 valence electrons. The van der Waals surface area contributed by atoms with E-state index in [2.05, 4.69) is 4.99 Å². The van der Waals surface area contributed by atoms with E-state index >= 15 is 4.39 Å². The van der Waals surface area contributed by atoms with Gasteiger partial charge in [0.05, 0.1) is 30.0 Å². The van der Waals surface area contributed by atoms with Crippen LogP contribution in [-0.4, -0.2) is 132 Å². The lowest BCUT2D eigenvalue weighted by molar-refractivity contribution is -0.299. The fourth-order valence-electron chi connectivity index (χ4n) is 7.89. The summed E-state index contributed by atoms with van der Waals surface area (Å²) in [6.07, 6.45) is -6.40. The number of hydrogen-bond donors (Lipinski definition) is 1. The first-order valence-electron chi connectivity index (χ1n) is 18.2. The molecule has 3 aliphatic rings. The van der Waals surface area contributed by atoms with Crippen molar-refractivity contribution in [2.24, 2.45) is 22.7 Å². The van der Waals surface area contributed by atoms with Gasteiger partial charge in [-0.05, 0) is 67.0 Å². The Balaban J connectivity index is 2.37. The number of nitrogens with zero attached hydrogens (tertiary/aromatic N) is 2. The highest BCUT2D eigenvalue weighted by molar-refractivity contribution is 6.08. The van der Waals surface area contributed by atoms with Crippen LogP contribution in [0.15, 0.2) is 4.99 Å². The van der Waals surface area contributed by atoms with Gasteiger partial charge in [-0.25, -0.2) is 14.2 Å². The summed E-state index contributed by atoms with van der Waals surface area (Å²) in [7, 11) is 3.61. The fraction of sp³-hybridized carbons (Fsp3) is 0.838. The molecule has 1 amide bonds. The summed E-state index contributed by atoms with van der Waals surface area (Å²) in [4.78, 5) is 73.0. The predicted octanol–water partition coefficient (Wildman–Crippen LogP) is 3.17. The van der Waals surface area contributed by atoms with Crippen molar-refractivity contribution in [1.82, 2.24) is 4.90 Å². The average molecular weight is 743 g/mol. The highest BCUT2D eigenvalue weighted by Gasteiger charge is 2.57. The minimum Gasteiger partial charge on any atom is -0.457 e. The Labute approximate surface area is 306 Å². The molecule has 0 aromatic heterocycles. The molecule has 3 heterocycles. The van der Waals surface area contributed by atoms with E-state index in [-0.39, 0.29) is 19.3 Å². The predicted molar refractivity (Wildman–Crippen MR) is 186 cm³/mol. The average Bonchev–Trinajstić information content (AvgIpc) is 3.07. The molecule has 3 aliphatic heterocycles. The number of amides is 1. The third-order valence-electron chi connectivity index (χ3n) is 10.7. The Kier molecular flexibility index (Phi) is 14.5. The second-order valence-corrected chi connectivity index (χ2v) is 15.4. The summed E-state index contributed by atoms with van der Waals surface area (Å²) in [5, 5.41) is 12.1. The van der Waals surface area contributed by atoms with Gasteiger partial charge < -0.3 is 38.4 Å². The van der Waals surface area contributed by atoms with Crippen molar-refractivity contribution in [1.29, 1.82) is 0 Å². The molecule has 3 fully saturated rings. The maximum absolute atomic E-state index is 16.7. The number of likely N-dealkylation sites (N-methyl/N-ethyl adjacent to an activating group) is 1. The van der Waals surface area contributed by atoms with Crippen molar-refractivity contribution in [2.75, 3.05) is 27.3 Å². The van der Waals surface area contributed by atoms with Gasteiger partial charge in [0, 0.05) is 30.9 Å². The smallest absolute Gasteiger partial charge is 0.351 e. The summed E-state index contributed by atoms with van der Waals surface area (Å²) in [5.74, 6) is -7.31. The maximum atomic E-state index is 16.7. The number of Topliss-reactive ketones (excluding diaryl/α,β-unsaturated/α-hetero) is 2. The van der Waals surface area contributed by atoms with Crippen LogP contribution in [0.5, 0.6) is 0 Å². The number of hydrogen-bond acceptors (Lipinski definition) is 13. The molecular formula is C37H59FN2O12. The van der Waals surface area contributed by atoms with Gasteiger partial charge in [-0.15, -0.1) is 0 Å². The molecule has 3 saturated heterocycles. The molecule has 2 bridgehead atoms. The zero-order valence-electron chi connectivity index (χ0n) is 32.7. The summed E-state index contributed by atoms with van der Waals surface area (Å²) in [6.45, 7) is 13.8. The third kappa shape index (κ3) is 9.51. The Morgan fingerprint density at radius 1 is 1.04 bits per heavy atom. The third-order valence-corrected chi connectivity index (χ3v) is 10.7. The largest absolute Gasteiger partial charge is 0.457 e. The van der Waals surface area contributed by atoms with E-state index in [9.17, 15) is 29.1 Å². The second-order valence-electron chi connectivity index (χ2n) is 15.4. The number of alkyl halides is 1. The van der Waals surface area contributed by atoms with Crippen molar-refractivity contribution >= 4 is 35.1 Å². The van der Waals surface area contributed by atoms with Crippen LogP contribution in [0.2, 0.25) is 0 Å². The van der Waals surface area contributed by atoms with Crippen LogP contribution in [0.1, 0.15) is 94.9 Å². The Hall–Kier alpha value is -2.69. The first-order valence-corrected chi connectivity index (χ1v) is 18.2. The van der Waals surface area contributed by atoms with E-state index in [1.165, 1.54) is 20.8 Å². The minimum atomic E-state index is -3.23. The molecular weight excluding hydrogens is 683 g/mol. The molecule has 0 spiro atoms. The highest BCUT2D eigenvalue weighted by atomic mass is 19.1. The first-order chi connectivity index (χ1) is 24.0. The van der Waals surface area contributed by atoms with Crippen molar-refractivity contribution in [3.8, 4) is 0 Å². The van der Waals surface area contributed by atoms with Crippen LogP contribution in [0, 0.1) is 17.8 Å². The van der Waals surface area contributed by atoms with Crippen LogP contribution in [0.4, 0.5) is 4.39 Å². The number of ketones is 2. The number of carbonyl (C=O) groups excluding carboxylic acids is 5. The molecule has 0 aliphatic carbocycles. The number of carbonyl (C=O) groups is 5. The molecule has 0 saturated carbocycles. The van der Waals surface area contributed by atoms with Crippen molar-refractivity contribution < 1.29 is 61.9 Å². The number of esters is 2. The number of halogens is 1. The first kappa shape index (κ1) is 43.7. The van der Waals surface area contributed by atoms with E-state index in [1.807, 2.05) is 25.9 Å². The lowest BCUT2D eigenvalue weighted by atomic mass is 9.73. The molecule has 14 nitrogen and oxygen atoms in total. The molecule has 52 heavy (non-hydrogen) atoms. The number of fused-ring (bicyclic) bond motifs is 5. The van der Waals surface area contributed by atoms with E-state index in [1.54, 1.807) is 34.6 Å². The molecule has 0 aromatic rings. The lowest BCUT2D eigenvalue weighted by Crippen LogP contribution is -2.62. The number of cyclic esters (lactones) is 1. The van der Waals surface area contributed by atoms with E-state index in [4.69, 9.17) is 28.4 Å². The van der Waals surface area contributed by atoms with E-state index in [0.29, 0.717) is 12.1 Å². The Bertz CT molecular complexity index is 1370. The van der Waals surface area contributed by atoms with Gasteiger partial charge in [0.2, 0.25) is 5.91 Å². The SMILES string of the molecule is CCC(=O)/N=C1\[C@H](C)C[C@@]2(C)OCC(=O)CO[C@H]([C@H]1C)[C@](C)(O)[C@@H](CC)OC(=O)[C@@](C)(F)C(=O)[C@H](C)[C@H]2O[C@@H]1O[C@H](C)C[C@H](N(C)C)[C@H]1OC(C)=O. The summed E-state index contributed by atoms with van der Waals surface area (Å²) < 4.78 is 53.4. The lowest BCUT2D eigenvalue weighted by Gasteiger charge is -2.48. The Morgan fingerprint density at radius 2 is 1.67 bits per heavy atom. The van der Waals surface area contributed by atoms with Gasteiger partial charge in [-0.3, -0.25) is 19.2 Å². The van der Waals surface area contributed by atoms with Gasteiger partial charge >= 0.3 is 11.9 Å². The molecule has 13 atom stereocenters. The number of rotatable bonds is 6. The Morgan fingerprint density at radius 3 is 2.23 bits per heavy atom. The van der Waals surface area contributed by atoms with Crippen molar-refractivity contribution in [2.45, 2.75) is 155 Å². The number of aliphatic hydroxyl groups is 1. The number of aliphatic imine (C=N–C) groups is 1. The molecule has 1 N–H and O–H groups in total. The monoisotopic (exact) mass is 742 g/mol. The summed E-state index contributed by atoms with van der Waals surface area (Å²) in [6, 6.07) is -0.391.